The average molecular weight is 635 g/mol. The van der Waals surface area contributed by atoms with Crippen molar-refractivity contribution in [2.24, 2.45) is 0 Å². The Kier molecular flexibility index (Phi) is 8.53. The number of fused-ring (bicyclic) bond motifs is 1. The van der Waals surface area contributed by atoms with Crippen molar-refractivity contribution in [2.45, 2.75) is 17.9 Å². The van der Waals surface area contributed by atoms with Gasteiger partial charge in [0.2, 0.25) is 15.9 Å². The van der Waals surface area contributed by atoms with Gasteiger partial charge in [-0.15, -0.1) is 0 Å². The molecule has 0 unspecified atom stereocenters. The summed E-state index contributed by atoms with van der Waals surface area (Å²) in [4.78, 5) is 28.3. The predicted octanol–water partition coefficient (Wildman–Crippen LogP) is 5.49. The minimum atomic E-state index is -3.98. The summed E-state index contributed by atoms with van der Waals surface area (Å²) >= 11 is 3.33. The Morgan fingerprint density at radius 3 is 2.34 bits per heavy atom. The lowest BCUT2D eigenvalue weighted by molar-refractivity contribution is -0.116. The van der Waals surface area contributed by atoms with E-state index in [4.69, 9.17) is 4.74 Å². The van der Waals surface area contributed by atoms with Crippen molar-refractivity contribution in [3.63, 3.8) is 0 Å². The molecule has 1 N–H and O–H groups in total. The van der Waals surface area contributed by atoms with Crippen LogP contribution in [0.1, 0.15) is 21.5 Å². The molecule has 2 amide bonds. The molecule has 210 valence electrons. The lowest BCUT2D eigenvalue weighted by Crippen LogP contribution is -2.37. The maximum atomic E-state index is 13.6. The lowest BCUT2D eigenvalue weighted by atomic mass is 10.1. The highest BCUT2D eigenvalue weighted by atomic mass is 79.9. The number of rotatable bonds is 9. The Balaban J connectivity index is 1.35. The van der Waals surface area contributed by atoms with Gasteiger partial charge in [0.05, 0.1) is 18.6 Å². The molecule has 0 radical (unpaired) electrons. The van der Waals surface area contributed by atoms with E-state index in [1.807, 2.05) is 36.4 Å². The molecular formula is C31H28BrN3O5S. The highest BCUT2D eigenvalue weighted by Gasteiger charge is 2.29. The van der Waals surface area contributed by atoms with Crippen LogP contribution in [-0.2, 0) is 27.8 Å². The van der Waals surface area contributed by atoms with Crippen molar-refractivity contribution in [3.05, 3.63) is 118 Å². The van der Waals surface area contributed by atoms with E-state index in [2.05, 4.69) is 21.2 Å². The first-order chi connectivity index (χ1) is 19.7. The Hall–Kier alpha value is -3.99. The predicted molar refractivity (Wildman–Crippen MR) is 162 cm³/mol. The number of nitrogens with zero attached hydrogens (tertiary/aromatic N) is 2. The van der Waals surface area contributed by atoms with E-state index < -0.39 is 22.5 Å². The highest BCUT2D eigenvalue weighted by molar-refractivity contribution is 9.10. The van der Waals surface area contributed by atoms with Gasteiger partial charge in [0, 0.05) is 34.5 Å². The van der Waals surface area contributed by atoms with Crippen LogP contribution in [0.15, 0.2) is 106 Å². The third-order valence-electron chi connectivity index (χ3n) is 6.82. The monoisotopic (exact) mass is 633 g/mol. The number of ether oxygens (including phenoxy) is 1. The molecule has 10 heteroatoms. The Morgan fingerprint density at radius 1 is 0.951 bits per heavy atom. The number of benzene rings is 4. The number of anilines is 2. The Bertz CT molecular complexity index is 1660. The summed E-state index contributed by atoms with van der Waals surface area (Å²) in [5, 5.41) is 2.83. The van der Waals surface area contributed by atoms with E-state index in [0.717, 1.165) is 19.9 Å². The molecular weight excluding hydrogens is 606 g/mol. The molecule has 0 aliphatic carbocycles. The summed E-state index contributed by atoms with van der Waals surface area (Å²) in [5.41, 5.74) is 3.47. The zero-order chi connectivity index (χ0) is 29.0. The molecule has 0 atom stereocenters. The molecule has 1 heterocycles. The fraction of sp³-hybridized carbons (Fsp3) is 0.161. The van der Waals surface area contributed by atoms with Gasteiger partial charge in [-0.3, -0.25) is 9.59 Å². The minimum Gasteiger partial charge on any atom is -0.497 e. The van der Waals surface area contributed by atoms with E-state index >= 15 is 0 Å². The fourth-order valence-electron chi connectivity index (χ4n) is 4.69. The van der Waals surface area contributed by atoms with Crippen LogP contribution in [0, 0.1) is 0 Å². The molecule has 0 spiro atoms. The molecule has 0 aromatic heterocycles. The zero-order valence-electron chi connectivity index (χ0n) is 22.3. The van der Waals surface area contributed by atoms with Crippen molar-refractivity contribution >= 4 is 49.1 Å². The van der Waals surface area contributed by atoms with Crippen LogP contribution in [0.2, 0.25) is 0 Å². The van der Waals surface area contributed by atoms with Crippen LogP contribution in [0.5, 0.6) is 5.75 Å². The van der Waals surface area contributed by atoms with Crippen LogP contribution < -0.4 is 15.0 Å². The number of sulfonamides is 1. The number of carbonyl (C=O) groups is 2. The van der Waals surface area contributed by atoms with Gasteiger partial charge in [0.1, 0.15) is 5.75 Å². The van der Waals surface area contributed by atoms with E-state index in [-0.39, 0.29) is 17.3 Å². The smallest absolute Gasteiger partial charge is 0.258 e. The SMILES string of the molecule is COc1ccc(C(=O)N2CCc3ccc(NC(=O)CN(Cc4ccccc4)S(=O)(=O)c4ccc(Br)cc4)cc32)cc1. The van der Waals surface area contributed by atoms with Gasteiger partial charge < -0.3 is 15.0 Å². The van der Waals surface area contributed by atoms with Crippen molar-refractivity contribution in [1.29, 1.82) is 0 Å². The number of hydrogen-bond acceptors (Lipinski definition) is 5. The van der Waals surface area contributed by atoms with E-state index in [9.17, 15) is 18.0 Å². The first-order valence-electron chi connectivity index (χ1n) is 12.9. The molecule has 1 aliphatic heterocycles. The van der Waals surface area contributed by atoms with Crippen molar-refractivity contribution in [1.82, 2.24) is 4.31 Å². The van der Waals surface area contributed by atoms with Crippen molar-refractivity contribution in [2.75, 3.05) is 30.4 Å². The fourth-order valence-corrected chi connectivity index (χ4v) is 6.34. The number of halogens is 1. The Morgan fingerprint density at radius 2 is 1.66 bits per heavy atom. The summed E-state index contributed by atoms with van der Waals surface area (Å²) in [6.07, 6.45) is 0.696. The van der Waals surface area contributed by atoms with Crippen LogP contribution >= 0.6 is 15.9 Å². The number of nitrogens with one attached hydrogen (secondary N) is 1. The van der Waals surface area contributed by atoms with Gasteiger partial charge in [0.15, 0.2) is 0 Å². The summed E-state index contributed by atoms with van der Waals surface area (Å²) < 4.78 is 34.2. The van der Waals surface area contributed by atoms with Crippen LogP contribution in [-0.4, -0.2) is 44.7 Å². The summed E-state index contributed by atoms with van der Waals surface area (Å²) in [5.74, 6) is 0.0222. The maximum Gasteiger partial charge on any atom is 0.258 e. The largest absolute Gasteiger partial charge is 0.497 e. The van der Waals surface area contributed by atoms with E-state index in [0.29, 0.717) is 35.7 Å². The van der Waals surface area contributed by atoms with Gasteiger partial charge in [-0.1, -0.05) is 52.3 Å². The molecule has 41 heavy (non-hydrogen) atoms. The minimum absolute atomic E-state index is 0.0288. The standard InChI is InChI=1S/C31H28BrN3O5S/c1-40-27-13-8-24(9-14-27)31(37)35-18-17-23-7-12-26(19-29(23)35)33-30(36)21-34(20-22-5-3-2-4-6-22)41(38,39)28-15-10-25(32)11-16-28/h2-16,19H,17-18,20-21H2,1H3,(H,33,36). The first kappa shape index (κ1) is 28.5. The van der Waals surface area contributed by atoms with Crippen LogP contribution in [0.3, 0.4) is 0 Å². The molecule has 8 nitrogen and oxygen atoms in total. The highest BCUT2D eigenvalue weighted by Crippen LogP contribution is 2.32. The maximum absolute atomic E-state index is 13.6. The second kappa shape index (κ2) is 12.3. The van der Waals surface area contributed by atoms with Crippen LogP contribution in [0.4, 0.5) is 11.4 Å². The quantitative estimate of drug-likeness (QED) is 0.263. The molecule has 4 aromatic rings. The number of carbonyl (C=O) groups excluding carboxylic acids is 2. The summed E-state index contributed by atoms with van der Waals surface area (Å²) in [6, 6.07) is 27.8. The Labute approximate surface area is 247 Å². The van der Waals surface area contributed by atoms with E-state index in [1.54, 1.807) is 60.5 Å². The third kappa shape index (κ3) is 6.51. The molecule has 0 saturated heterocycles. The van der Waals surface area contributed by atoms with Gasteiger partial charge in [-0.05, 0) is 78.2 Å². The van der Waals surface area contributed by atoms with Gasteiger partial charge in [0.25, 0.3) is 5.91 Å². The number of methoxy groups -OCH3 is 1. The topological polar surface area (TPSA) is 96.0 Å². The van der Waals surface area contributed by atoms with E-state index in [1.165, 1.54) is 12.1 Å². The van der Waals surface area contributed by atoms with Crippen molar-refractivity contribution in [3.8, 4) is 5.75 Å². The number of hydrogen-bond donors (Lipinski definition) is 1. The summed E-state index contributed by atoms with van der Waals surface area (Å²) in [6.45, 7) is 0.160. The van der Waals surface area contributed by atoms with Gasteiger partial charge in [-0.25, -0.2) is 8.42 Å². The second-order valence-electron chi connectivity index (χ2n) is 9.54. The van der Waals surface area contributed by atoms with Crippen molar-refractivity contribution < 1.29 is 22.7 Å². The van der Waals surface area contributed by atoms with Gasteiger partial charge in [-0.2, -0.15) is 4.31 Å². The molecule has 0 saturated carbocycles. The van der Waals surface area contributed by atoms with Gasteiger partial charge >= 0.3 is 0 Å². The zero-order valence-corrected chi connectivity index (χ0v) is 24.7. The van der Waals surface area contributed by atoms with Crippen LogP contribution in [0.25, 0.3) is 0 Å². The first-order valence-corrected chi connectivity index (χ1v) is 15.2. The lowest BCUT2D eigenvalue weighted by Gasteiger charge is -2.22. The molecule has 0 fully saturated rings. The molecule has 0 bridgehead atoms. The molecule has 4 aromatic carbocycles. The molecule has 1 aliphatic rings. The normalized spacial score (nSPS) is 12.7. The average Bonchev–Trinajstić information content (AvgIpc) is 3.40. The third-order valence-corrected chi connectivity index (χ3v) is 9.15. The summed E-state index contributed by atoms with van der Waals surface area (Å²) in [7, 11) is -2.41. The molecule has 5 rings (SSSR count). The second-order valence-corrected chi connectivity index (χ2v) is 12.4. The number of amides is 2.